The Morgan fingerprint density at radius 1 is 0.903 bits per heavy atom. The maximum absolute atomic E-state index is 11.7. The van der Waals surface area contributed by atoms with E-state index in [1.54, 1.807) is 13.8 Å². The van der Waals surface area contributed by atoms with Crippen LogP contribution in [0.1, 0.15) is 27.7 Å². The Bertz CT molecular complexity index is 538. The molecule has 3 N–H and O–H groups in total. The number of carbonyl (C=O) groups excluding carboxylic acids is 2. The third kappa shape index (κ3) is 18.5. The van der Waals surface area contributed by atoms with E-state index in [0.29, 0.717) is 0 Å². The van der Waals surface area contributed by atoms with Gasteiger partial charge in [-0.25, -0.2) is 4.79 Å². The number of esters is 2. The van der Waals surface area contributed by atoms with Crippen LogP contribution in [0, 0.1) is 11.8 Å². The molecule has 0 saturated carbocycles. The standard InChI is InChI=1S/C8H12F3NO2.C6H13NO2.C3H5F3O2/c1-5(2)6(7(13)14-3)12-4-8(9,10)11;1-4(2)5(7)6(8)9-3;1-8-2(7)3(4,5)6/h4-6H,1-3H3;4-5H,7H2,1-3H3;2,7H,1H3/t6-;5-;/m00./s1. The lowest BCUT2D eigenvalue weighted by Crippen LogP contribution is -2.36. The predicted octanol–water partition coefficient (Wildman–Crippen LogP) is 2.47. The van der Waals surface area contributed by atoms with Gasteiger partial charge in [0.25, 0.3) is 6.29 Å². The Morgan fingerprint density at radius 3 is 1.48 bits per heavy atom. The fourth-order valence-electron chi connectivity index (χ4n) is 1.33. The van der Waals surface area contributed by atoms with Crippen molar-refractivity contribution >= 4 is 18.2 Å². The maximum Gasteiger partial charge on any atom is 0.439 e. The van der Waals surface area contributed by atoms with E-state index < -0.39 is 36.7 Å². The minimum atomic E-state index is -4.66. The molecule has 0 amide bonds. The van der Waals surface area contributed by atoms with E-state index in [-0.39, 0.29) is 24.0 Å². The highest BCUT2D eigenvalue weighted by Crippen LogP contribution is 2.19. The first-order chi connectivity index (χ1) is 13.8. The number of rotatable bonds is 6. The minimum Gasteiger partial charge on any atom is -0.468 e. The van der Waals surface area contributed by atoms with Crippen molar-refractivity contribution in [2.45, 2.75) is 58.4 Å². The first kappa shape index (κ1) is 33.7. The second-order valence-electron chi connectivity index (χ2n) is 6.45. The second-order valence-corrected chi connectivity index (χ2v) is 6.45. The van der Waals surface area contributed by atoms with Crippen LogP contribution in [0.3, 0.4) is 0 Å². The van der Waals surface area contributed by atoms with Gasteiger partial charge in [0.1, 0.15) is 18.3 Å². The third-order valence-electron chi connectivity index (χ3n) is 3.15. The van der Waals surface area contributed by atoms with Gasteiger partial charge in [-0.2, -0.15) is 26.3 Å². The molecule has 0 rings (SSSR count). The molecule has 14 heteroatoms. The minimum absolute atomic E-state index is 0.150. The summed E-state index contributed by atoms with van der Waals surface area (Å²) in [5.41, 5.74) is 5.40. The van der Waals surface area contributed by atoms with Crippen LogP contribution in [0.2, 0.25) is 0 Å². The highest BCUT2D eigenvalue weighted by molar-refractivity contribution is 5.79. The van der Waals surface area contributed by atoms with Gasteiger partial charge in [-0.3, -0.25) is 9.79 Å². The summed E-state index contributed by atoms with van der Waals surface area (Å²) >= 11 is 0. The first-order valence-electron chi connectivity index (χ1n) is 8.65. The molecule has 0 heterocycles. The van der Waals surface area contributed by atoms with E-state index in [4.69, 9.17) is 10.8 Å². The Hall–Kier alpha value is -1.93. The molecule has 31 heavy (non-hydrogen) atoms. The molecule has 0 aliphatic carbocycles. The van der Waals surface area contributed by atoms with E-state index in [1.165, 1.54) is 7.11 Å². The number of aliphatic hydroxyl groups is 1. The van der Waals surface area contributed by atoms with E-state index in [9.17, 15) is 35.9 Å². The van der Waals surface area contributed by atoms with Gasteiger partial charge in [0.15, 0.2) is 0 Å². The molecule has 0 fully saturated rings. The van der Waals surface area contributed by atoms with Gasteiger partial charge >= 0.3 is 24.3 Å². The fraction of sp³-hybridized carbons (Fsp3) is 0.824. The number of ether oxygens (including phenoxy) is 3. The molecule has 0 aromatic heterocycles. The summed E-state index contributed by atoms with van der Waals surface area (Å²) in [5, 5.41) is 7.85. The number of alkyl halides is 6. The number of hydrogen-bond donors (Lipinski definition) is 2. The van der Waals surface area contributed by atoms with Gasteiger partial charge in [0, 0.05) is 7.11 Å². The van der Waals surface area contributed by atoms with Gasteiger partial charge in [0.05, 0.1) is 14.2 Å². The van der Waals surface area contributed by atoms with Crippen LogP contribution in [0.4, 0.5) is 26.3 Å². The van der Waals surface area contributed by atoms with Crippen molar-refractivity contribution in [3.8, 4) is 0 Å². The Labute approximate surface area is 176 Å². The lowest BCUT2D eigenvalue weighted by Gasteiger charge is -2.13. The summed E-state index contributed by atoms with van der Waals surface area (Å²) in [6.07, 6.45) is -12.0. The number of hydrogen-bond acceptors (Lipinski definition) is 8. The van der Waals surface area contributed by atoms with Crippen molar-refractivity contribution in [2.24, 2.45) is 22.6 Å². The number of halogens is 6. The molecule has 0 bridgehead atoms. The van der Waals surface area contributed by atoms with Crippen LogP contribution in [-0.2, 0) is 23.8 Å². The SMILES string of the molecule is COC(=O)[C@@H](N)C(C)C.COC(=O)[C@@H](N=CC(F)(F)F)C(C)C.COC(O)C(F)(F)F. The smallest absolute Gasteiger partial charge is 0.439 e. The highest BCUT2D eigenvalue weighted by atomic mass is 19.4. The molecule has 0 aromatic rings. The summed E-state index contributed by atoms with van der Waals surface area (Å²) in [5.74, 6) is -1.29. The zero-order valence-corrected chi connectivity index (χ0v) is 18.2. The lowest BCUT2D eigenvalue weighted by atomic mass is 10.1. The Balaban J connectivity index is -0.000000401. The van der Waals surface area contributed by atoms with Gasteiger partial charge in [0.2, 0.25) is 0 Å². The zero-order valence-electron chi connectivity index (χ0n) is 18.2. The van der Waals surface area contributed by atoms with Crippen molar-refractivity contribution in [3.63, 3.8) is 0 Å². The highest BCUT2D eigenvalue weighted by Gasteiger charge is 2.38. The normalized spacial score (nSPS) is 14.7. The topological polar surface area (TPSA) is 120 Å². The predicted molar refractivity (Wildman–Crippen MR) is 99.1 cm³/mol. The van der Waals surface area contributed by atoms with E-state index in [0.717, 1.165) is 14.2 Å². The van der Waals surface area contributed by atoms with E-state index in [2.05, 4.69) is 19.2 Å². The van der Waals surface area contributed by atoms with Crippen LogP contribution in [-0.4, -0.2) is 75.3 Å². The number of aliphatic hydroxyl groups excluding tert-OH is 1. The average molecular weight is 472 g/mol. The maximum atomic E-state index is 11.7. The molecule has 0 spiro atoms. The Kier molecular flexibility index (Phi) is 17.2. The van der Waals surface area contributed by atoms with E-state index in [1.807, 2.05) is 13.8 Å². The van der Waals surface area contributed by atoms with Gasteiger partial charge < -0.3 is 25.1 Å². The van der Waals surface area contributed by atoms with Gasteiger partial charge in [-0.1, -0.05) is 27.7 Å². The Morgan fingerprint density at radius 2 is 1.32 bits per heavy atom. The van der Waals surface area contributed by atoms with Crippen molar-refractivity contribution in [3.05, 3.63) is 0 Å². The average Bonchev–Trinajstić information content (AvgIpc) is 2.64. The summed E-state index contributed by atoms with van der Waals surface area (Å²) in [6.45, 7) is 6.94. The summed E-state index contributed by atoms with van der Waals surface area (Å²) < 4.78 is 80.7. The largest absolute Gasteiger partial charge is 0.468 e. The van der Waals surface area contributed by atoms with Crippen LogP contribution < -0.4 is 5.73 Å². The molecule has 0 radical (unpaired) electrons. The molecular weight excluding hydrogens is 442 g/mol. The fourth-order valence-corrected chi connectivity index (χ4v) is 1.33. The third-order valence-corrected chi connectivity index (χ3v) is 3.15. The van der Waals surface area contributed by atoms with Crippen LogP contribution >= 0.6 is 0 Å². The van der Waals surface area contributed by atoms with E-state index >= 15 is 0 Å². The zero-order chi connectivity index (χ0) is 25.6. The molecule has 0 aliphatic heterocycles. The summed E-state index contributed by atoms with van der Waals surface area (Å²) in [4.78, 5) is 24.7. The van der Waals surface area contributed by atoms with Crippen molar-refractivity contribution in [1.29, 1.82) is 0 Å². The number of carbonyl (C=O) groups is 2. The molecule has 186 valence electrons. The summed E-state index contributed by atoms with van der Waals surface area (Å²) in [7, 11) is 3.23. The number of nitrogens with zero attached hydrogens (tertiary/aromatic N) is 1. The molecule has 8 nitrogen and oxygen atoms in total. The van der Waals surface area contributed by atoms with Gasteiger partial charge in [-0.15, -0.1) is 0 Å². The van der Waals surface area contributed by atoms with Crippen LogP contribution in [0.5, 0.6) is 0 Å². The molecule has 1 unspecified atom stereocenters. The second kappa shape index (κ2) is 15.8. The van der Waals surface area contributed by atoms with Crippen LogP contribution in [0.15, 0.2) is 4.99 Å². The number of nitrogens with two attached hydrogens (primary N) is 1. The first-order valence-corrected chi connectivity index (χ1v) is 8.65. The number of aliphatic imine (C=N–C) groups is 1. The van der Waals surface area contributed by atoms with Crippen molar-refractivity contribution < 1.29 is 55.2 Å². The molecule has 0 saturated heterocycles. The quantitative estimate of drug-likeness (QED) is 0.264. The number of methoxy groups -OCH3 is 3. The molecular formula is C17H30F6N2O6. The van der Waals surface area contributed by atoms with Gasteiger partial charge in [-0.05, 0) is 11.8 Å². The monoisotopic (exact) mass is 472 g/mol. The molecule has 0 aromatic carbocycles. The van der Waals surface area contributed by atoms with Crippen LogP contribution in [0.25, 0.3) is 0 Å². The van der Waals surface area contributed by atoms with Crippen molar-refractivity contribution in [2.75, 3.05) is 21.3 Å². The molecule has 3 atom stereocenters. The lowest BCUT2D eigenvalue weighted by molar-refractivity contribution is -0.285. The van der Waals surface area contributed by atoms with Crippen molar-refractivity contribution in [1.82, 2.24) is 0 Å². The molecule has 0 aliphatic rings. The summed E-state index contributed by atoms with van der Waals surface area (Å²) in [6, 6.07) is -1.57.